The van der Waals surface area contributed by atoms with E-state index in [1.165, 1.54) is 11.3 Å². The Labute approximate surface area is 80.5 Å². The van der Waals surface area contributed by atoms with E-state index in [1.807, 2.05) is 0 Å². The fraction of sp³-hybridized carbons (Fsp3) is 0.571. The normalized spacial score (nSPS) is 15.9. The predicted molar refractivity (Wildman–Crippen MR) is 51.6 cm³/mol. The Morgan fingerprint density at radius 1 is 1.58 bits per heavy atom. The van der Waals surface area contributed by atoms with E-state index in [1.54, 1.807) is 11.6 Å². The molecule has 68 valence electrons. The molecule has 3 nitrogen and oxygen atoms in total. The molecule has 0 aromatic carbocycles. The van der Waals surface area contributed by atoms with Crippen molar-refractivity contribution in [3.8, 4) is 0 Å². The molecule has 0 aliphatic carbocycles. The first-order valence-electron chi connectivity index (χ1n) is 3.62. The standard InChI is InChI=1S/C7H11NO2S2/c9-5(1-3-11)6(10)7-8-2-4-12-7/h2,4-6,9-11H,1,3H2. The molecular weight excluding hydrogens is 194 g/mol. The van der Waals surface area contributed by atoms with Gasteiger partial charge >= 0.3 is 0 Å². The highest BCUT2D eigenvalue weighted by Crippen LogP contribution is 2.20. The van der Waals surface area contributed by atoms with Gasteiger partial charge in [0.25, 0.3) is 0 Å². The number of thiazole rings is 1. The highest BCUT2D eigenvalue weighted by molar-refractivity contribution is 7.80. The molecule has 0 bridgehead atoms. The van der Waals surface area contributed by atoms with E-state index in [0.717, 1.165) is 0 Å². The van der Waals surface area contributed by atoms with Crippen LogP contribution in [0, 0.1) is 0 Å². The molecule has 1 aromatic rings. The SMILES string of the molecule is OC(CCS)C(O)c1nccs1. The second kappa shape index (κ2) is 4.81. The molecule has 2 unspecified atom stereocenters. The van der Waals surface area contributed by atoms with Crippen LogP contribution in [0.25, 0.3) is 0 Å². The molecular formula is C7H11NO2S2. The van der Waals surface area contributed by atoms with Gasteiger partial charge in [0, 0.05) is 11.6 Å². The predicted octanol–water partition coefficient (Wildman–Crippen LogP) is 0.857. The van der Waals surface area contributed by atoms with Gasteiger partial charge in [0.2, 0.25) is 0 Å². The fourth-order valence-corrected chi connectivity index (χ4v) is 1.78. The van der Waals surface area contributed by atoms with Crippen LogP contribution in [0.1, 0.15) is 17.5 Å². The maximum Gasteiger partial charge on any atom is 0.131 e. The van der Waals surface area contributed by atoms with Gasteiger partial charge < -0.3 is 10.2 Å². The van der Waals surface area contributed by atoms with Crippen molar-refractivity contribution >= 4 is 24.0 Å². The van der Waals surface area contributed by atoms with Crippen molar-refractivity contribution in [2.75, 3.05) is 5.75 Å². The zero-order chi connectivity index (χ0) is 8.97. The van der Waals surface area contributed by atoms with Gasteiger partial charge in [-0.25, -0.2) is 4.98 Å². The van der Waals surface area contributed by atoms with E-state index < -0.39 is 12.2 Å². The van der Waals surface area contributed by atoms with Crippen molar-refractivity contribution in [1.82, 2.24) is 4.98 Å². The average molecular weight is 205 g/mol. The van der Waals surface area contributed by atoms with Crippen molar-refractivity contribution in [3.63, 3.8) is 0 Å². The van der Waals surface area contributed by atoms with Crippen molar-refractivity contribution in [3.05, 3.63) is 16.6 Å². The Hall–Kier alpha value is -0.100. The lowest BCUT2D eigenvalue weighted by Crippen LogP contribution is -2.18. The zero-order valence-corrected chi connectivity index (χ0v) is 8.13. The summed E-state index contributed by atoms with van der Waals surface area (Å²) < 4.78 is 0. The van der Waals surface area contributed by atoms with Crippen molar-refractivity contribution < 1.29 is 10.2 Å². The minimum absolute atomic E-state index is 0.476. The lowest BCUT2D eigenvalue weighted by molar-refractivity contribution is 0.0171. The minimum atomic E-state index is -0.864. The molecule has 0 fully saturated rings. The van der Waals surface area contributed by atoms with Crippen molar-refractivity contribution in [2.45, 2.75) is 18.6 Å². The summed E-state index contributed by atoms with van der Waals surface area (Å²) in [6, 6.07) is 0. The van der Waals surface area contributed by atoms with Crippen LogP contribution in [0.3, 0.4) is 0 Å². The summed E-state index contributed by atoms with van der Waals surface area (Å²) in [6.45, 7) is 0. The van der Waals surface area contributed by atoms with Crippen molar-refractivity contribution in [1.29, 1.82) is 0 Å². The number of aliphatic hydroxyl groups is 2. The van der Waals surface area contributed by atoms with Gasteiger partial charge in [-0.3, -0.25) is 0 Å². The van der Waals surface area contributed by atoms with Gasteiger partial charge in [0.05, 0.1) is 6.10 Å². The molecule has 5 heteroatoms. The van der Waals surface area contributed by atoms with E-state index in [2.05, 4.69) is 17.6 Å². The summed E-state index contributed by atoms with van der Waals surface area (Å²) in [6.07, 6.45) is 0.464. The fourth-order valence-electron chi connectivity index (χ4n) is 0.835. The highest BCUT2D eigenvalue weighted by Gasteiger charge is 2.19. The number of nitrogens with zero attached hydrogens (tertiary/aromatic N) is 1. The van der Waals surface area contributed by atoms with Gasteiger partial charge in [-0.15, -0.1) is 11.3 Å². The Bertz CT molecular complexity index is 215. The van der Waals surface area contributed by atoms with E-state index >= 15 is 0 Å². The molecule has 0 saturated carbocycles. The molecule has 1 rings (SSSR count). The molecule has 0 aliphatic heterocycles. The van der Waals surface area contributed by atoms with E-state index in [-0.39, 0.29) is 0 Å². The smallest absolute Gasteiger partial charge is 0.131 e. The number of rotatable bonds is 4. The van der Waals surface area contributed by atoms with Crippen LogP contribution in [0.4, 0.5) is 0 Å². The van der Waals surface area contributed by atoms with E-state index in [4.69, 9.17) is 0 Å². The number of thiol groups is 1. The maximum atomic E-state index is 9.47. The molecule has 0 amide bonds. The number of hydrogen-bond acceptors (Lipinski definition) is 5. The molecule has 0 aliphatic rings. The quantitative estimate of drug-likeness (QED) is 0.639. The second-order valence-corrected chi connectivity index (χ2v) is 3.77. The van der Waals surface area contributed by atoms with Gasteiger partial charge in [-0.2, -0.15) is 12.6 Å². The summed E-state index contributed by atoms with van der Waals surface area (Å²) in [4.78, 5) is 3.90. The lowest BCUT2D eigenvalue weighted by atomic mass is 10.2. The topological polar surface area (TPSA) is 53.4 Å². The summed E-state index contributed by atoms with van der Waals surface area (Å²) in [7, 11) is 0. The Balaban J connectivity index is 2.53. The van der Waals surface area contributed by atoms with Gasteiger partial charge in [0.15, 0.2) is 0 Å². The van der Waals surface area contributed by atoms with Crippen LogP contribution in [-0.2, 0) is 0 Å². The molecule has 2 atom stereocenters. The first-order valence-corrected chi connectivity index (χ1v) is 5.13. The highest BCUT2D eigenvalue weighted by atomic mass is 32.1. The average Bonchev–Trinajstić information content (AvgIpc) is 2.55. The molecule has 12 heavy (non-hydrogen) atoms. The Kier molecular flexibility index (Phi) is 4.00. The summed E-state index contributed by atoms with van der Waals surface area (Å²) >= 11 is 5.30. The van der Waals surface area contributed by atoms with Crippen LogP contribution >= 0.6 is 24.0 Å². The third kappa shape index (κ3) is 2.45. The molecule has 1 aromatic heterocycles. The minimum Gasteiger partial charge on any atom is -0.390 e. The zero-order valence-electron chi connectivity index (χ0n) is 6.42. The molecule has 0 spiro atoms. The summed E-state index contributed by atoms with van der Waals surface area (Å²) in [5, 5.41) is 21.2. The van der Waals surface area contributed by atoms with Crippen LogP contribution in [0.15, 0.2) is 11.6 Å². The molecule has 0 saturated heterocycles. The van der Waals surface area contributed by atoms with Crippen LogP contribution in [0.5, 0.6) is 0 Å². The molecule has 2 N–H and O–H groups in total. The molecule has 1 heterocycles. The first-order chi connectivity index (χ1) is 5.75. The van der Waals surface area contributed by atoms with E-state index in [0.29, 0.717) is 17.2 Å². The lowest BCUT2D eigenvalue weighted by Gasteiger charge is -2.13. The summed E-state index contributed by atoms with van der Waals surface area (Å²) in [5.41, 5.74) is 0. The van der Waals surface area contributed by atoms with Crippen LogP contribution in [0.2, 0.25) is 0 Å². The van der Waals surface area contributed by atoms with Gasteiger partial charge in [0.1, 0.15) is 11.1 Å². The first kappa shape index (κ1) is 9.98. The third-order valence-electron chi connectivity index (χ3n) is 1.49. The largest absolute Gasteiger partial charge is 0.390 e. The van der Waals surface area contributed by atoms with Crippen molar-refractivity contribution in [2.24, 2.45) is 0 Å². The van der Waals surface area contributed by atoms with Gasteiger partial charge in [-0.1, -0.05) is 0 Å². The Morgan fingerprint density at radius 3 is 2.83 bits per heavy atom. The maximum absolute atomic E-state index is 9.47. The summed E-state index contributed by atoms with van der Waals surface area (Å²) in [5.74, 6) is 0.559. The second-order valence-electron chi connectivity index (χ2n) is 2.39. The monoisotopic (exact) mass is 205 g/mol. The number of aliphatic hydroxyl groups excluding tert-OH is 2. The van der Waals surface area contributed by atoms with Crippen LogP contribution < -0.4 is 0 Å². The van der Waals surface area contributed by atoms with E-state index in [9.17, 15) is 10.2 Å². The number of aromatic nitrogens is 1. The number of hydrogen-bond donors (Lipinski definition) is 3. The van der Waals surface area contributed by atoms with Crippen LogP contribution in [-0.4, -0.2) is 27.1 Å². The third-order valence-corrected chi connectivity index (χ3v) is 2.60. The molecule has 0 radical (unpaired) electrons. The van der Waals surface area contributed by atoms with Gasteiger partial charge in [-0.05, 0) is 12.2 Å². The Morgan fingerprint density at radius 2 is 2.33 bits per heavy atom.